The fourth-order valence-corrected chi connectivity index (χ4v) is 2.12. The summed E-state index contributed by atoms with van der Waals surface area (Å²) in [6.07, 6.45) is 10.7. The van der Waals surface area contributed by atoms with E-state index in [9.17, 15) is 4.79 Å². The summed E-state index contributed by atoms with van der Waals surface area (Å²) in [6, 6.07) is -0.450. The summed E-state index contributed by atoms with van der Waals surface area (Å²) >= 11 is 0. The highest BCUT2D eigenvalue weighted by molar-refractivity contribution is 5.75. The molecule has 0 aromatic heterocycles. The number of ether oxygens (including phenoxy) is 1. The summed E-state index contributed by atoms with van der Waals surface area (Å²) < 4.78 is 5.19. The Morgan fingerprint density at radius 1 is 1.00 bits per heavy atom. The number of hydrogen-bond acceptors (Lipinski definition) is 3. The second-order valence-electron chi connectivity index (χ2n) is 5.88. The van der Waals surface area contributed by atoms with Crippen LogP contribution < -0.4 is 5.73 Å². The maximum atomic E-state index is 11.5. The highest BCUT2D eigenvalue weighted by Crippen LogP contribution is 2.09. The molecule has 0 saturated heterocycles. The van der Waals surface area contributed by atoms with E-state index in [1.807, 2.05) is 0 Å². The smallest absolute Gasteiger partial charge is 0.322 e. The van der Waals surface area contributed by atoms with Gasteiger partial charge in [0.1, 0.15) is 6.04 Å². The molecule has 0 saturated carbocycles. The van der Waals surface area contributed by atoms with Gasteiger partial charge in [-0.25, -0.2) is 0 Å². The topological polar surface area (TPSA) is 52.3 Å². The third-order valence-electron chi connectivity index (χ3n) is 3.27. The van der Waals surface area contributed by atoms with Gasteiger partial charge in [-0.05, 0) is 18.8 Å². The number of carbonyl (C=O) groups excluding carboxylic acids is 1. The first kappa shape index (κ1) is 18.4. The highest BCUT2D eigenvalue weighted by atomic mass is 16.5. The Bertz CT molecular complexity index is 217. The molecule has 0 rings (SSSR count). The largest absolute Gasteiger partial charge is 0.465 e. The molecule has 114 valence electrons. The minimum Gasteiger partial charge on any atom is -0.465 e. The molecule has 0 aromatic carbocycles. The number of unbranched alkanes of at least 4 members (excludes halogenated alkanes) is 7. The second kappa shape index (κ2) is 12.5. The molecular formula is C16H33NO2. The zero-order chi connectivity index (χ0) is 14.5. The van der Waals surface area contributed by atoms with Crippen LogP contribution in [0.4, 0.5) is 0 Å². The average molecular weight is 271 g/mol. The summed E-state index contributed by atoms with van der Waals surface area (Å²) in [6.45, 7) is 6.88. The van der Waals surface area contributed by atoms with Crippen molar-refractivity contribution in [3.63, 3.8) is 0 Å². The molecule has 1 unspecified atom stereocenters. The standard InChI is InChI=1S/C16H33NO2/c1-4-5-6-7-8-9-10-11-12-19-16(18)15(17)13-14(2)3/h14-15H,4-13,17H2,1-3H3. The molecule has 3 heteroatoms. The Hall–Kier alpha value is -0.570. The van der Waals surface area contributed by atoms with Gasteiger partial charge in [-0.1, -0.05) is 65.7 Å². The number of carbonyl (C=O) groups is 1. The average Bonchev–Trinajstić information content (AvgIpc) is 2.35. The summed E-state index contributed by atoms with van der Waals surface area (Å²) in [4.78, 5) is 11.5. The Labute approximate surface area is 119 Å². The Morgan fingerprint density at radius 3 is 2.05 bits per heavy atom. The van der Waals surface area contributed by atoms with Crippen molar-refractivity contribution in [1.29, 1.82) is 0 Å². The molecule has 0 aliphatic heterocycles. The lowest BCUT2D eigenvalue weighted by Crippen LogP contribution is -2.33. The van der Waals surface area contributed by atoms with Crippen LogP contribution in [-0.2, 0) is 9.53 Å². The molecule has 3 nitrogen and oxygen atoms in total. The number of esters is 1. The van der Waals surface area contributed by atoms with E-state index >= 15 is 0 Å². The molecule has 0 bridgehead atoms. The van der Waals surface area contributed by atoms with Crippen molar-refractivity contribution in [3.8, 4) is 0 Å². The zero-order valence-electron chi connectivity index (χ0n) is 13.1. The number of rotatable bonds is 12. The first-order valence-electron chi connectivity index (χ1n) is 8.00. The van der Waals surface area contributed by atoms with Gasteiger partial charge in [0.05, 0.1) is 6.61 Å². The highest BCUT2D eigenvalue weighted by Gasteiger charge is 2.15. The Balaban J connectivity index is 3.32. The number of nitrogens with two attached hydrogens (primary N) is 1. The van der Waals surface area contributed by atoms with Crippen LogP contribution in [-0.4, -0.2) is 18.6 Å². The van der Waals surface area contributed by atoms with E-state index in [-0.39, 0.29) is 5.97 Å². The van der Waals surface area contributed by atoms with Crippen molar-refractivity contribution in [2.24, 2.45) is 11.7 Å². The van der Waals surface area contributed by atoms with Crippen LogP contribution in [0.2, 0.25) is 0 Å². The molecule has 0 amide bonds. The molecule has 0 aliphatic carbocycles. The van der Waals surface area contributed by atoms with Gasteiger partial charge in [-0.15, -0.1) is 0 Å². The lowest BCUT2D eigenvalue weighted by atomic mass is 10.1. The molecular weight excluding hydrogens is 238 g/mol. The van der Waals surface area contributed by atoms with Gasteiger partial charge >= 0.3 is 5.97 Å². The van der Waals surface area contributed by atoms with Gasteiger partial charge in [0.15, 0.2) is 0 Å². The first-order chi connectivity index (χ1) is 9.07. The predicted molar refractivity (Wildman–Crippen MR) is 81.0 cm³/mol. The summed E-state index contributed by atoms with van der Waals surface area (Å²) in [5.41, 5.74) is 5.75. The van der Waals surface area contributed by atoms with Crippen molar-refractivity contribution >= 4 is 5.97 Å². The van der Waals surface area contributed by atoms with E-state index < -0.39 is 6.04 Å². The molecule has 0 heterocycles. The minimum absolute atomic E-state index is 0.239. The Kier molecular flexibility index (Phi) is 12.1. The first-order valence-corrected chi connectivity index (χ1v) is 8.00. The van der Waals surface area contributed by atoms with Gasteiger partial charge in [-0.2, -0.15) is 0 Å². The van der Waals surface area contributed by atoms with E-state index in [1.54, 1.807) is 0 Å². The Morgan fingerprint density at radius 2 is 1.53 bits per heavy atom. The van der Waals surface area contributed by atoms with Crippen molar-refractivity contribution in [3.05, 3.63) is 0 Å². The minimum atomic E-state index is -0.450. The zero-order valence-corrected chi connectivity index (χ0v) is 13.1. The van der Waals surface area contributed by atoms with Crippen LogP contribution in [0.1, 0.15) is 78.6 Å². The molecule has 0 radical (unpaired) electrons. The van der Waals surface area contributed by atoms with Gasteiger partial charge < -0.3 is 10.5 Å². The molecule has 1 atom stereocenters. The van der Waals surface area contributed by atoms with Crippen LogP contribution >= 0.6 is 0 Å². The van der Waals surface area contributed by atoms with Crippen LogP contribution in [0.3, 0.4) is 0 Å². The van der Waals surface area contributed by atoms with Gasteiger partial charge in [-0.3, -0.25) is 4.79 Å². The maximum absolute atomic E-state index is 11.5. The molecule has 19 heavy (non-hydrogen) atoms. The van der Waals surface area contributed by atoms with Crippen LogP contribution in [0.15, 0.2) is 0 Å². The monoisotopic (exact) mass is 271 g/mol. The molecule has 0 aliphatic rings. The fraction of sp³-hybridized carbons (Fsp3) is 0.938. The van der Waals surface area contributed by atoms with E-state index in [1.165, 1.54) is 38.5 Å². The second-order valence-corrected chi connectivity index (χ2v) is 5.88. The third-order valence-corrected chi connectivity index (χ3v) is 3.27. The van der Waals surface area contributed by atoms with E-state index in [0.717, 1.165) is 12.8 Å². The fourth-order valence-electron chi connectivity index (χ4n) is 2.12. The van der Waals surface area contributed by atoms with Crippen molar-refractivity contribution < 1.29 is 9.53 Å². The van der Waals surface area contributed by atoms with E-state index in [0.29, 0.717) is 18.9 Å². The lowest BCUT2D eigenvalue weighted by Gasteiger charge is -2.13. The van der Waals surface area contributed by atoms with Crippen LogP contribution in [0.25, 0.3) is 0 Å². The molecule has 0 aromatic rings. The van der Waals surface area contributed by atoms with E-state index in [2.05, 4.69) is 20.8 Å². The quantitative estimate of drug-likeness (QED) is 0.430. The van der Waals surface area contributed by atoms with Crippen molar-refractivity contribution in [1.82, 2.24) is 0 Å². The SMILES string of the molecule is CCCCCCCCCCOC(=O)C(N)CC(C)C. The molecule has 0 spiro atoms. The van der Waals surface area contributed by atoms with E-state index in [4.69, 9.17) is 10.5 Å². The summed E-state index contributed by atoms with van der Waals surface area (Å²) in [7, 11) is 0. The van der Waals surface area contributed by atoms with Crippen molar-refractivity contribution in [2.75, 3.05) is 6.61 Å². The predicted octanol–water partition coefficient (Wildman–Crippen LogP) is 4.04. The molecule has 2 N–H and O–H groups in total. The number of hydrogen-bond donors (Lipinski definition) is 1. The van der Waals surface area contributed by atoms with Crippen LogP contribution in [0, 0.1) is 5.92 Å². The summed E-state index contributed by atoms with van der Waals surface area (Å²) in [5, 5.41) is 0. The van der Waals surface area contributed by atoms with Gasteiger partial charge in [0, 0.05) is 0 Å². The van der Waals surface area contributed by atoms with Crippen molar-refractivity contribution in [2.45, 2.75) is 84.6 Å². The summed E-state index contributed by atoms with van der Waals surface area (Å²) in [5.74, 6) is 0.197. The lowest BCUT2D eigenvalue weighted by molar-refractivity contribution is -0.145. The molecule has 0 fully saturated rings. The maximum Gasteiger partial charge on any atom is 0.322 e. The van der Waals surface area contributed by atoms with Crippen LogP contribution in [0.5, 0.6) is 0 Å². The normalized spacial score (nSPS) is 12.7. The van der Waals surface area contributed by atoms with Gasteiger partial charge in [0.2, 0.25) is 0 Å². The third kappa shape index (κ3) is 12.2. The van der Waals surface area contributed by atoms with Gasteiger partial charge in [0.25, 0.3) is 0 Å².